The van der Waals surface area contributed by atoms with E-state index in [4.69, 9.17) is 21.4 Å². The third kappa shape index (κ3) is 5.78. The minimum atomic E-state index is -0.351. The molecule has 0 aliphatic rings. The van der Waals surface area contributed by atoms with Crippen LogP contribution in [-0.2, 0) is 0 Å². The first-order valence-corrected chi connectivity index (χ1v) is 11.7. The number of ether oxygens (including phenoxy) is 1. The molecule has 0 atom stereocenters. The zero-order valence-electron chi connectivity index (χ0n) is 20.0. The highest BCUT2D eigenvalue weighted by atomic mass is 32.1. The van der Waals surface area contributed by atoms with Crippen LogP contribution in [-0.4, -0.2) is 27.7 Å². The van der Waals surface area contributed by atoms with Crippen LogP contribution in [0.1, 0.15) is 35.3 Å². The zero-order valence-corrected chi connectivity index (χ0v) is 20.8. The fraction of sp³-hybridized carbons (Fsp3) is 0.222. The number of oxazole rings is 1. The number of aromatic hydroxyl groups is 1. The van der Waals surface area contributed by atoms with Gasteiger partial charge in [0.1, 0.15) is 17.0 Å². The number of carbonyl (C=O) groups is 1. The maximum absolute atomic E-state index is 12.5. The van der Waals surface area contributed by atoms with Gasteiger partial charge >= 0.3 is 0 Å². The standard InChI is InChI=1S/C27H27N3O4S/c1-15(2)14-33-20-8-5-18(6-9-20)25(32)30-27(35)28-19-7-10-21(23(31)13-19)26-29-22-12-16(3)11-17(4)24(22)34-26/h5-13,15,31H,14H2,1-4H3,(H2,28,30,32,35). The first-order valence-electron chi connectivity index (χ1n) is 11.3. The first kappa shape index (κ1) is 24.2. The molecule has 0 spiro atoms. The Labute approximate surface area is 209 Å². The van der Waals surface area contributed by atoms with E-state index in [9.17, 15) is 9.90 Å². The van der Waals surface area contributed by atoms with Gasteiger partial charge in [-0.15, -0.1) is 0 Å². The number of carbonyl (C=O) groups excluding carboxylic acids is 1. The van der Waals surface area contributed by atoms with Crippen LogP contribution in [0.25, 0.3) is 22.6 Å². The van der Waals surface area contributed by atoms with E-state index in [1.807, 2.05) is 26.0 Å². The molecule has 0 bridgehead atoms. The second-order valence-electron chi connectivity index (χ2n) is 8.82. The molecule has 1 amide bonds. The Morgan fingerprint density at radius 2 is 1.86 bits per heavy atom. The Morgan fingerprint density at radius 3 is 2.54 bits per heavy atom. The molecule has 4 aromatic rings. The second-order valence-corrected chi connectivity index (χ2v) is 9.23. The maximum Gasteiger partial charge on any atom is 0.257 e. The van der Waals surface area contributed by atoms with Crippen molar-refractivity contribution in [3.05, 3.63) is 71.3 Å². The molecular formula is C27H27N3O4S. The maximum atomic E-state index is 12.5. The van der Waals surface area contributed by atoms with Gasteiger partial charge in [-0.2, -0.15) is 0 Å². The number of aromatic nitrogens is 1. The van der Waals surface area contributed by atoms with E-state index < -0.39 is 0 Å². The van der Waals surface area contributed by atoms with Crippen molar-refractivity contribution in [2.75, 3.05) is 11.9 Å². The average Bonchev–Trinajstić information content (AvgIpc) is 3.22. The van der Waals surface area contributed by atoms with Crippen LogP contribution in [0.3, 0.4) is 0 Å². The summed E-state index contributed by atoms with van der Waals surface area (Å²) in [6.07, 6.45) is 0. The van der Waals surface area contributed by atoms with E-state index in [1.165, 1.54) is 6.07 Å². The molecule has 180 valence electrons. The Bertz CT molecular complexity index is 1390. The molecule has 0 aliphatic carbocycles. The summed E-state index contributed by atoms with van der Waals surface area (Å²) in [6.45, 7) is 8.71. The summed E-state index contributed by atoms with van der Waals surface area (Å²) in [4.78, 5) is 17.0. The molecule has 8 heteroatoms. The van der Waals surface area contributed by atoms with E-state index in [0.29, 0.717) is 46.6 Å². The lowest BCUT2D eigenvalue weighted by Crippen LogP contribution is -2.34. The highest BCUT2D eigenvalue weighted by molar-refractivity contribution is 7.80. The molecule has 7 nitrogen and oxygen atoms in total. The third-order valence-electron chi connectivity index (χ3n) is 5.23. The molecule has 0 saturated carbocycles. The predicted octanol–water partition coefficient (Wildman–Crippen LogP) is 5.98. The van der Waals surface area contributed by atoms with Crippen molar-refractivity contribution in [3.8, 4) is 23.0 Å². The smallest absolute Gasteiger partial charge is 0.257 e. The van der Waals surface area contributed by atoms with Crippen LogP contribution in [0.15, 0.2) is 59.0 Å². The number of amides is 1. The summed E-state index contributed by atoms with van der Waals surface area (Å²) in [7, 11) is 0. The van der Waals surface area contributed by atoms with Gasteiger partial charge in [-0.05, 0) is 85.6 Å². The quantitative estimate of drug-likeness (QED) is 0.287. The van der Waals surface area contributed by atoms with Gasteiger partial charge in [-0.3, -0.25) is 10.1 Å². The lowest BCUT2D eigenvalue weighted by Gasteiger charge is -2.12. The van der Waals surface area contributed by atoms with Crippen molar-refractivity contribution < 1.29 is 19.1 Å². The van der Waals surface area contributed by atoms with Gasteiger partial charge < -0.3 is 19.6 Å². The van der Waals surface area contributed by atoms with Crippen LogP contribution in [0.4, 0.5) is 5.69 Å². The number of nitrogens with zero attached hydrogens (tertiary/aromatic N) is 1. The van der Waals surface area contributed by atoms with E-state index in [1.54, 1.807) is 36.4 Å². The number of phenolic OH excluding ortho intramolecular Hbond substituents is 1. The minimum Gasteiger partial charge on any atom is -0.507 e. The number of hydrogen-bond donors (Lipinski definition) is 3. The number of fused-ring (bicyclic) bond motifs is 1. The van der Waals surface area contributed by atoms with Gasteiger partial charge in [0, 0.05) is 17.3 Å². The Hall–Kier alpha value is -3.91. The summed E-state index contributed by atoms with van der Waals surface area (Å²) in [6, 6.07) is 15.7. The second kappa shape index (κ2) is 10.1. The molecule has 0 radical (unpaired) electrons. The van der Waals surface area contributed by atoms with Crippen LogP contribution >= 0.6 is 12.2 Å². The van der Waals surface area contributed by atoms with Crippen LogP contribution < -0.4 is 15.4 Å². The predicted molar refractivity (Wildman–Crippen MR) is 141 cm³/mol. The SMILES string of the molecule is Cc1cc(C)c2oc(-c3ccc(NC(=S)NC(=O)c4ccc(OCC(C)C)cc4)cc3O)nc2c1. The van der Waals surface area contributed by atoms with Crippen molar-refractivity contribution in [1.29, 1.82) is 0 Å². The Kier molecular flexibility index (Phi) is 7.02. The summed E-state index contributed by atoms with van der Waals surface area (Å²) < 4.78 is 11.5. The first-order chi connectivity index (χ1) is 16.7. The fourth-order valence-corrected chi connectivity index (χ4v) is 3.80. The molecule has 1 aromatic heterocycles. The normalized spacial score (nSPS) is 11.0. The number of rotatable bonds is 6. The number of benzene rings is 3. The highest BCUT2D eigenvalue weighted by Gasteiger charge is 2.15. The molecule has 0 saturated heterocycles. The minimum absolute atomic E-state index is 0.0259. The number of hydrogen-bond acceptors (Lipinski definition) is 6. The zero-order chi connectivity index (χ0) is 25.1. The lowest BCUT2D eigenvalue weighted by atomic mass is 10.1. The van der Waals surface area contributed by atoms with Gasteiger partial charge in [-0.1, -0.05) is 19.9 Å². The van der Waals surface area contributed by atoms with E-state index in [2.05, 4.69) is 29.5 Å². The topological polar surface area (TPSA) is 96.6 Å². The van der Waals surface area contributed by atoms with E-state index in [0.717, 1.165) is 16.6 Å². The number of thiocarbonyl (C=S) groups is 1. The van der Waals surface area contributed by atoms with Crippen molar-refractivity contribution in [2.24, 2.45) is 5.92 Å². The van der Waals surface area contributed by atoms with E-state index in [-0.39, 0.29) is 16.8 Å². The summed E-state index contributed by atoms with van der Waals surface area (Å²) in [5.74, 6) is 1.07. The monoisotopic (exact) mass is 489 g/mol. The van der Waals surface area contributed by atoms with E-state index >= 15 is 0 Å². The van der Waals surface area contributed by atoms with Crippen molar-refractivity contribution in [3.63, 3.8) is 0 Å². The largest absolute Gasteiger partial charge is 0.507 e. The summed E-state index contributed by atoms with van der Waals surface area (Å²) >= 11 is 5.27. The molecule has 0 unspecified atom stereocenters. The molecular weight excluding hydrogens is 462 g/mol. The van der Waals surface area contributed by atoms with Crippen LogP contribution in [0.2, 0.25) is 0 Å². The van der Waals surface area contributed by atoms with Crippen LogP contribution in [0, 0.1) is 19.8 Å². The lowest BCUT2D eigenvalue weighted by molar-refractivity contribution is 0.0977. The van der Waals surface area contributed by atoms with Crippen molar-refractivity contribution in [2.45, 2.75) is 27.7 Å². The van der Waals surface area contributed by atoms with Gasteiger partial charge in [0.15, 0.2) is 10.7 Å². The Balaban J connectivity index is 1.41. The number of anilines is 1. The molecule has 0 aliphatic heterocycles. The molecule has 4 rings (SSSR count). The summed E-state index contributed by atoms with van der Waals surface area (Å²) in [5.41, 5.74) is 4.92. The number of aryl methyl sites for hydroxylation is 2. The summed E-state index contributed by atoms with van der Waals surface area (Å²) in [5, 5.41) is 16.2. The van der Waals surface area contributed by atoms with Crippen molar-refractivity contribution >= 4 is 40.0 Å². The molecule has 35 heavy (non-hydrogen) atoms. The van der Waals surface area contributed by atoms with Gasteiger partial charge in [-0.25, -0.2) is 4.98 Å². The van der Waals surface area contributed by atoms with Crippen LogP contribution in [0.5, 0.6) is 11.5 Å². The van der Waals surface area contributed by atoms with Crippen molar-refractivity contribution in [1.82, 2.24) is 10.3 Å². The third-order valence-corrected chi connectivity index (χ3v) is 5.44. The molecule has 3 N–H and O–H groups in total. The van der Waals surface area contributed by atoms with Gasteiger partial charge in [0.2, 0.25) is 5.89 Å². The number of nitrogens with one attached hydrogen (secondary N) is 2. The number of phenols is 1. The Morgan fingerprint density at radius 1 is 1.11 bits per heavy atom. The molecule has 1 heterocycles. The molecule has 0 fully saturated rings. The molecule has 3 aromatic carbocycles. The van der Waals surface area contributed by atoms with Gasteiger partial charge in [0.05, 0.1) is 12.2 Å². The fourth-order valence-electron chi connectivity index (χ4n) is 3.59. The van der Waals surface area contributed by atoms with Gasteiger partial charge in [0.25, 0.3) is 5.91 Å². The average molecular weight is 490 g/mol. The highest BCUT2D eigenvalue weighted by Crippen LogP contribution is 2.34.